The first-order valence-corrected chi connectivity index (χ1v) is 6.87. The molecule has 18 heavy (non-hydrogen) atoms. The van der Waals surface area contributed by atoms with Crippen LogP contribution in [0.3, 0.4) is 0 Å². The fourth-order valence-corrected chi connectivity index (χ4v) is 3.66. The molecule has 0 aliphatic heterocycles. The SMILES string of the molecule is CC(NC(=O)CC1CC2CCC1C2)c1ncn[nH]1. The molecule has 4 unspecified atom stereocenters. The van der Waals surface area contributed by atoms with Crippen molar-refractivity contribution in [1.82, 2.24) is 20.5 Å². The van der Waals surface area contributed by atoms with E-state index in [1.165, 1.54) is 32.0 Å². The number of fused-ring (bicyclic) bond motifs is 2. The van der Waals surface area contributed by atoms with Crippen LogP contribution >= 0.6 is 0 Å². The molecule has 5 nitrogen and oxygen atoms in total. The molecule has 1 aromatic rings. The molecule has 2 aliphatic rings. The number of amides is 1. The summed E-state index contributed by atoms with van der Waals surface area (Å²) in [5, 5.41) is 9.58. The van der Waals surface area contributed by atoms with Crippen LogP contribution < -0.4 is 5.32 Å². The van der Waals surface area contributed by atoms with Crippen LogP contribution in [0.2, 0.25) is 0 Å². The molecule has 1 amide bonds. The normalized spacial score (nSPS) is 31.5. The van der Waals surface area contributed by atoms with Gasteiger partial charge in [0.2, 0.25) is 5.91 Å². The lowest BCUT2D eigenvalue weighted by molar-refractivity contribution is -0.123. The minimum atomic E-state index is -0.0846. The first-order valence-electron chi connectivity index (χ1n) is 6.87. The zero-order valence-corrected chi connectivity index (χ0v) is 10.7. The summed E-state index contributed by atoms with van der Waals surface area (Å²) in [6.07, 6.45) is 7.48. The zero-order valence-electron chi connectivity index (χ0n) is 10.7. The molecular weight excluding hydrogens is 228 g/mol. The predicted octanol–water partition coefficient (Wildman–Crippen LogP) is 1.81. The van der Waals surface area contributed by atoms with Crippen LogP contribution in [0, 0.1) is 17.8 Å². The molecule has 4 atom stereocenters. The summed E-state index contributed by atoms with van der Waals surface area (Å²) in [5.74, 6) is 3.19. The molecule has 3 rings (SSSR count). The number of aromatic nitrogens is 3. The Morgan fingerprint density at radius 1 is 1.56 bits per heavy atom. The van der Waals surface area contributed by atoms with Gasteiger partial charge in [0.1, 0.15) is 12.2 Å². The van der Waals surface area contributed by atoms with Crippen LogP contribution in [0.4, 0.5) is 0 Å². The van der Waals surface area contributed by atoms with Crippen LogP contribution in [0.5, 0.6) is 0 Å². The number of hydrogen-bond donors (Lipinski definition) is 2. The molecule has 2 fully saturated rings. The van der Waals surface area contributed by atoms with Gasteiger partial charge in [0.05, 0.1) is 6.04 Å². The standard InChI is InChI=1S/C13H20N4O/c1-8(13-14-7-15-17-13)16-12(18)6-11-5-9-2-3-10(11)4-9/h7-11H,2-6H2,1H3,(H,16,18)(H,14,15,17). The summed E-state index contributed by atoms with van der Waals surface area (Å²) in [5.41, 5.74) is 0. The quantitative estimate of drug-likeness (QED) is 0.853. The number of nitrogens with zero attached hydrogens (tertiary/aromatic N) is 2. The largest absolute Gasteiger partial charge is 0.346 e. The summed E-state index contributed by atoms with van der Waals surface area (Å²) in [6, 6.07) is -0.0846. The highest BCUT2D eigenvalue weighted by Crippen LogP contribution is 2.49. The Bertz CT molecular complexity index is 417. The predicted molar refractivity (Wildman–Crippen MR) is 66.5 cm³/mol. The Balaban J connectivity index is 1.50. The lowest BCUT2D eigenvalue weighted by Crippen LogP contribution is -2.30. The van der Waals surface area contributed by atoms with Gasteiger partial charge in [0, 0.05) is 6.42 Å². The molecule has 5 heteroatoms. The Morgan fingerprint density at radius 3 is 3.06 bits per heavy atom. The minimum absolute atomic E-state index is 0.0846. The smallest absolute Gasteiger partial charge is 0.220 e. The molecule has 0 spiro atoms. The van der Waals surface area contributed by atoms with Gasteiger partial charge in [-0.1, -0.05) is 6.42 Å². The molecule has 2 aliphatic carbocycles. The third-order valence-electron chi connectivity index (χ3n) is 4.55. The maximum absolute atomic E-state index is 12.0. The summed E-state index contributed by atoms with van der Waals surface area (Å²) in [6.45, 7) is 1.93. The molecule has 2 saturated carbocycles. The Morgan fingerprint density at radius 2 is 2.44 bits per heavy atom. The number of carbonyl (C=O) groups excluding carboxylic acids is 1. The number of hydrogen-bond acceptors (Lipinski definition) is 3. The van der Waals surface area contributed by atoms with Crippen molar-refractivity contribution in [3.63, 3.8) is 0 Å². The van der Waals surface area contributed by atoms with E-state index in [1.807, 2.05) is 6.92 Å². The van der Waals surface area contributed by atoms with E-state index in [1.54, 1.807) is 0 Å². The molecule has 0 saturated heterocycles. The van der Waals surface area contributed by atoms with Crippen molar-refractivity contribution in [2.45, 2.75) is 45.1 Å². The molecular formula is C13H20N4O. The van der Waals surface area contributed by atoms with E-state index in [0.717, 1.165) is 17.7 Å². The fraction of sp³-hybridized carbons (Fsp3) is 0.769. The summed E-state index contributed by atoms with van der Waals surface area (Å²) >= 11 is 0. The van der Waals surface area contributed by atoms with Crippen molar-refractivity contribution < 1.29 is 4.79 Å². The lowest BCUT2D eigenvalue weighted by atomic mass is 9.86. The van der Waals surface area contributed by atoms with Gasteiger partial charge in [-0.3, -0.25) is 9.89 Å². The lowest BCUT2D eigenvalue weighted by Gasteiger charge is -2.21. The molecule has 0 radical (unpaired) electrons. The third kappa shape index (κ3) is 2.26. The average Bonchev–Trinajstić information content (AvgIpc) is 3.06. The Kier molecular flexibility index (Phi) is 3.06. The van der Waals surface area contributed by atoms with Crippen molar-refractivity contribution in [3.8, 4) is 0 Å². The molecule has 1 heterocycles. The maximum atomic E-state index is 12.0. The van der Waals surface area contributed by atoms with Crippen LogP contribution in [-0.4, -0.2) is 21.1 Å². The summed E-state index contributed by atoms with van der Waals surface area (Å²) in [7, 11) is 0. The van der Waals surface area contributed by atoms with Crippen LogP contribution in [0.25, 0.3) is 0 Å². The van der Waals surface area contributed by atoms with Gasteiger partial charge in [-0.2, -0.15) is 5.10 Å². The first-order chi connectivity index (χ1) is 8.72. The van der Waals surface area contributed by atoms with Crippen LogP contribution in [0.1, 0.15) is 50.9 Å². The Labute approximate surface area is 107 Å². The highest BCUT2D eigenvalue weighted by molar-refractivity contribution is 5.76. The third-order valence-corrected chi connectivity index (χ3v) is 4.55. The van der Waals surface area contributed by atoms with Gasteiger partial charge >= 0.3 is 0 Å². The highest BCUT2D eigenvalue weighted by Gasteiger charge is 2.40. The van der Waals surface area contributed by atoms with Gasteiger partial charge in [0.25, 0.3) is 0 Å². The van der Waals surface area contributed by atoms with Crippen LogP contribution in [-0.2, 0) is 4.79 Å². The van der Waals surface area contributed by atoms with Gasteiger partial charge in [-0.25, -0.2) is 4.98 Å². The summed E-state index contributed by atoms with van der Waals surface area (Å²) < 4.78 is 0. The van der Waals surface area contributed by atoms with Crippen molar-refractivity contribution in [3.05, 3.63) is 12.2 Å². The first kappa shape index (κ1) is 11.7. The van der Waals surface area contributed by atoms with Crippen LogP contribution in [0.15, 0.2) is 6.33 Å². The van der Waals surface area contributed by atoms with Gasteiger partial charge < -0.3 is 5.32 Å². The zero-order chi connectivity index (χ0) is 12.5. The maximum Gasteiger partial charge on any atom is 0.220 e. The Hall–Kier alpha value is -1.39. The molecule has 2 bridgehead atoms. The molecule has 0 aromatic carbocycles. The van der Waals surface area contributed by atoms with Crippen molar-refractivity contribution in [1.29, 1.82) is 0 Å². The number of rotatable bonds is 4. The van der Waals surface area contributed by atoms with Crippen molar-refractivity contribution in [2.75, 3.05) is 0 Å². The molecule has 98 valence electrons. The second kappa shape index (κ2) is 4.71. The topological polar surface area (TPSA) is 70.7 Å². The molecule has 2 N–H and O–H groups in total. The molecule has 1 aromatic heterocycles. The van der Waals surface area contributed by atoms with E-state index < -0.39 is 0 Å². The number of aromatic amines is 1. The van der Waals surface area contributed by atoms with E-state index in [4.69, 9.17) is 0 Å². The van der Waals surface area contributed by atoms with E-state index >= 15 is 0 Å². The number of H-pyrrole nitrogens is 1. The highest BCUT2D eigenvalue weighted by atomic mass is 16.1. The van der Waals surface area contributed by atoms with Gasteiger partial charge in [0.15, 0.2) is 0 Å². The number of carbonyl (C=O) groups is 1. The van der Waals surface area contributed by atoms with E-state index in [2.05, 4.69) is 20.5 Å². The number of nitrogens with one attached hydrogen (secondary N) is 2. The second-order valence-electron chi connectivity index (χ2n) is 5.80. The van der Waals surface area contributed by atoms with Crippen molar-refractivity contribution in [2.24, 2.45) is 17.8 Å². The van der Waals surface area contributed by atoms with E-state index in [9.17, 15) is 4.79 Å². The summed E-state index contributed by atoms with van der Waals surface area (Å²) in [4.78, 5) is 16.1. The minimum Gasteiger partial charge on any atom is -0.346 e. The van der Waals surface area contributed by atoms with Crippen molar-refractivity contribution >= 4 is 5.91 Å². The van der Waals surface area contributed by atoms with Gasteiger partial charge in [-0.15, -0.1) is 0 Å². The second-order valence-corrected chi connectivity index (χ2v) is 5.80. The average molecular weight is 248 g/mol. The van der Waals surface area contributed by atoms with Gasteiger partial charge in [-0.05, 0) is 43.9 Å². The van der Waals surface area contributed by atoms with E-state index in [0.29, 0.717) is 12.3 Å². The van der Waals surface area contributed by atoms with E-state index in [-0.39, 0.29) is 11.9 Å². The fourth-order valence-electron chi connectivity index (χ4n) is 3.66. The monoisotopic (exact) mass is 248 g/mol.